The Kier molecular flexibility index (Phi) is 3.89. The van der Waals surface area contributed by atoms with Gasteiger partial charge in [0.05, 0.1) is 0 Å². The van der Waals surface area contributed by atoms with Gasteiger partial charge in [-0.1, -0.05) is 15.9 Å². The number of nitrogens with zero attached hydrogens (tertiary/aromatic N) is 1. The molecule has 2 heterocycles. The molecule has 1 aromatic carbocycles. The van der Waals surface area contributed by atoms with Gasteiger partial charge < -0.3 is 14.8 Å². The molecule has 1 aromatic heterocycles. The summed E-state index contributed by atoms with van der Waals surface area (Å²) in [5, 5.41) is 3.42. The smallest absolute Gasteiger partial charge is 0.231 e. The van der Waals surface area contributed by atoms with Gasteiger partial charge in [-0.05, 0) is 41.8 Å². The molecule has 3 rings (SSSR count). The lowest BCUT2D eigenvalue weighted by Crippen LogP contribution is -2.14. The third kappa shape index (κ3) is 2.78. The fourth-order valence-corrected chi connectivity index (χ4v) is 2.57. The van der Waals surface area contributed by atoms with Gasteiger partial charge in [-0.25, -0.2) is 0 Å². The van der Waals surface area contributed by atoms with E-state index in [1.54, 1.807) is 0 Å². The Balaban J connectivity index is 1.66. The Labute approximate surface area is 126 Å². The van der Waals surface area contributed by atoms with Gasteiger partial charge in [0.15, 0.2) is 11.5 Å². The van der Waals surface area contributed by atoms with Crippen LogP contribution in [0.4, 0.5) is 0 Å². The molecule has 0 radical (unpaired) electrons. The molecule has 0 atom stereocenters. The minimum absolute atomic E-state index is 0.299. The van der Waals surface area contributed by atoms with Crippen molar-refractivity contribution < 1.29 is 9.47 Å². The topological polar surface area (TPSA) is 43.4 Å². The van der Waals surface area contributed by atoms with Crippen LogP contribution >= 0.6 is 15.9 Å². The van der Waals surface area contributed by atoms with Crippen LogP contribution in [0.15, 0.2) is 35.1 Å². The fourth-order valence-electron chi connectivity index (χ4n) is 2.11. The summed E-state index contributed by atoms with van der Waals surface area (Å²) < 4.78 is 11.8. The zero-order chi connectivity index (χ0) is 13.9. The molecular formula is C15H15BrN2O2. The monoisotopic (exact) mass is 334 g/mol. The third-order valence-corrected chi connectivity index (χ3v) is 4.06. The molecule has 0 aliphatic carbocycles. The number of rotatable bonds is 4. The highest BCUT2D eigenvalue weighted by Crippen LogP contribution is 2.36. The molecule has 0 bridgehead atoms. The lowest BCUT2D eigenvalue weighted by atomic mass is 10.1. The second-order valence-corrected chi connectivity index (χ2v) is 5.56. The van der Waals surface area contributed by atoms with Crippen molar-refractivity contribution in [3.05, 3.63) is 51.8 Å². The van der Waals surface area contributed by atoms with Gasteiger partial charge in [-0.3, -0.25) is 4.98 Å². The van der Waals surface area contributed by atoms with Crippen LogP contribution < -0.4 is 14.8 Å². The Morgan fingerprint density at radius 3 is 2.75 bits per heavy atom. The first kappa shape index (κ1) is 13.4. The maximum absolute atomic E-state index is 5.40. The number of aryl methyl sites for hydroxylation is 1. The van der Waals surface area contributed by atoms with E-state index in [1.165, 1.54) is 11.1 Å². The van der Waals surface area contributed by atoms with Crippen LogP contribution in [0.3, 0.4) is 0 Å². The largest absolute Gasteiger partial charge is 0.454 e. The van der Waals surface area contributed by atoms with Crippen LogP contribution in [0.1, 0.15) is 16.7 Å². The predicted molar refractivity (Wildman–Crippen MR) is 79.8 cm³/mol. The summed E-state index contributed by atoms with van der Waals surface area (Å²) in [5.74, 6) is 1.60. The second-order valence-electron chi connectivity index (χ2n) is 4.70. The van der Waals surface area contributed by atoms with Crippen molar-refractivity contribution in [1.82, 2.24) is 10.3 Å². The van der Waals surface area contributed by atoms with E-state index in [9.17, 15) is 0 Å². The number of hydrogen-bond donors (Lipinski definition) is 1. The van der Waals surface area contributed by atoms with Gasteiger partial charge in [0, 0.05) is 30.0 Å². The summed E-state index contributed by atoms with van der Waals surface area (Å²) in [6.45, 7) is 3.94. The molecule has 0 fully saturated rings. The molecule has 1 aliphatic rings. The summed E-state index contributed by atoms with van der Waals surface area (Å²) >= 11 is 3.56. The van der Waals surface area contributed by atoms with E-state index in [-0.39, 0.29) is 0 Å². The quantitative estimate of drug-likeness (QED) is 0.932. The number of hydrogen-bond acceptors (Lipinski definition) is 4. The number of fused-ring (bicyclic) bond motifs is 1. The number of nitrogens with one attached hydrogen (secondary N) is 1. The lowest BCUT2D eigenvalue weighted by Gasteiger charge is -2.09. The van der Waals surface area contributed by atoms with Crippen molar-refractivity contribution in [1.29, 1.82) is 0 Å². The SMILES string of the molecule is Cc1ccncc1CNCc1cc2c(cc1Br)OCO2. The molecule has 0 saturated carbocycles. The van der Waals surface area contributed by atoms with E-state index >= 15 is 0 Å². The zero-order valence-corrected chi connectivity index (χ0v) is 12.7. The van der Waals surface area contributed by atoms with Crippen molar-refractivity contribution in [3.8, 4) is 11.5 Å². The zero-order valence-electron chi connectivity index (χ0n) is 11.1. The molecular weight excluding hydrogens is 320 g/mol. The van der Waals surface area contributed by atoms with Gasteiger partial charge in [0.2, 0.25) is 6.79 Å². The third-order valence-electron chi connectivity index (χ3n) is 3.32. The molecule has 0 spiro atoms. The predicted octanol–water partition coefficient (Wildman–Crippen LogP) is 3.17. The van der Waals surface area contributed by atoms with Gasteiger partial charge >= 0.3 is 0 Å². The molecule has 20 heavy (non-hydrogen) atoms. The highest BCUT2D eigenvalue weighted by Gasteiger charge is 2.16. The Morgan fingerprint density at radius 2 is 1.95 bits per heavy atom. The normalized spacial score (nSPS) is 12.7. The first-order valence-electron chi connectivity index (χ1n) is 6.42. The van der Waals surface area contributed by atoms with Crippen LogP contribution in [-0.2, 0) is 13.1 Å². The van der Waals surface area contributed by atoms with E-state index in [0.717, 1.165) is 34.6 Å². The van der Waals surface area contributed by atoms with Crippen LogP contribution in [0.2, 0.25) is 0 Å². The Bertz CT molecular complexity index is 631. The van der Waals surface area contributed by atoms with E-state index in [4.69, 9.17) is 9.47 Å². The minimum atomic E-state index is 0.299. The molecule has 104 valence electrons. The Morgan fingerprint density at radius 1 is 1.20 bits per heavy atom. The van der Waals surface area contributed by atoms with Crippen LogP contribution in [0.25, 0.3) is 0 Å². The number of halogens is 1. The Hall–Kier alpha value is -1.59. The number of ether oxygens (including phenoxy) is 2. The number of aromatic nitrogens is 1. The molecule has 4 nitrogen and oxygen atoms in total. The highest BCUT2D eigenvalue weighted by molar-refractivity contribution is 9.10. The van der Waals surface area contributed by atoms with E-state index < -0.39 is 0 Å². The van der Waals surface area contributed by atoms with Gasteiger partial charge in [0.1, 0.15) is 0 Å². The summed E-state index contributed by atoms with van der Waals surface area (Å²) in [5.41, 5.74) is 3.61. The molecule has 0 saturated heterocycles. The summed E-state index contributed by atoms with van der Waals surface area (Å²) in [6, 6.07) is 5.98. The maximum Gasteiger partial charge on any atom is 0.231 e. The maximum atomic E-state index is 5.40. The van der Waals surface area contributed by atoms with E-state index in [2.05, 4.69) is 33.2 Å². The van der Waals surface area contributed by atoms with Crippen LogP contribution in [-0.4, -0.2) is 11.8 Å². The van der Waals surface area contributed by atoms with Crippen molar-refractivity contribution in [3.63, 3.8) is 0 Å². The van der Waals surface area contributed by atoms with Crippen molar-refractivity contribution in [2.75, 3.05) is 6.79 Å². The van der Waals surface area contributed by atoms with Crippen molar-refractivity contribution in [2.45, 2.75) is 20.0 Å². The lowest BCUT2D eigenvalue weighted by molar-refractivity contribution is 0.174. The van der Waals surface area contributed by atoms with Crippen molar-refractivity contribution >= 4 is 15.9 Å². The molecule has 1 N–H and O–H groups in total. The van der Waals surface area contributed by atoms with E-state index in [1.807, 2.05) is 30.6 Å². The average Bonchev–Trinajstić information content (AvgIpc) is 2.88. The van der Waals surface area contributed by atoms with Crippen LogP contribution in [0, 0.1) is 6.92 Å². The van der Waals surface area contributed by atoms with Gasteiger partial charge in [-0.15, -0.1) is 0 Å². The second kappa shape index (κ2) is 5.81. The molecule has 5 heteroatoms. The number of benzene rings is 1. The average molecular weight is 335 g/mol. The highest BCUT2D eigenvalue weighted by atomic mass is 79.9. The van der Waals surface area contributed by atoms with Crippen LogP contribution in [0.5, 0.6) is 11.5 Å². The molecule has 0 unspecified atom stereocenters. The molecule has 0 amide bonds. The van der Waals surface area contributed by atoms with Crippen molar-refractivity contribution in [2.24, 2.45) is 0 Å². The first-order chi connectivity index (χ1) is 9.74. The molecule has 2 aromatic rings. The standard InChI is InChI=1S/C15H15BrN2O2/c1-10-2-3-17-7-12(10)8-18-6-11-4-14-15(5-13(11)16)20-9-19-14/h2-5,7,18H,6,8-9H2,1H3. The number of pyridine rings is 1. The first-order valence-corrected chi connectivity index (χ1v) is 7.21. The summed E-state index contributed by atoms with van der Waals surface area (Å²) in [6.07, 6.45) is 3.71. The van der Waals surface area contributed by atoms with E-state index in [0.29, 0.717) is 6.79 Å². The minimum Gasteiger partial charge on any atom is -0.454 e. The molecule has 1 aliphatic heterocycles. The van der Waals surface area contributed by atoms with Gasteiger partial charge in [0.25, 0.3) is 0 Å². The fraction of sp³-hybridized carbons (Fsp3) is 0.267. The summed E-state index contributed by atoms with van der Waals surface area (Å²) in [4.78, 5) is 4.15. The summed E-state index contributed by atoms with van der Waals surface area (Å²) in [7, 11) is 0. The van der Waals surface area contributed by atoms with Gasteiger partial charge in [-0.2, -0.15) is 0 Å².